The minimum Gasteiger partial charge on any atom is -0.497 e. The van der Waals surface area contributed by atoms with E-state index in [0.717, 1.165) is 11.4 Å². The summed E-state index contributed by atoms with van der Waals surface area (Å²) in [5, 5.41) is 13.6. The van der Waals surface area contributed by atoms with Crippen LogP contribution in [0.15, 0.2) is 49.1 Å². The van der Waals surface area contributed by atoms with E-state index >= 15 is 0 Å². The summed E-state index contributed by atoms with van der Waals surface area (Å²) >= 11 is 0. The van der Waals surface area contributed by atoms with E-state index in [2.05, 4.69) is 27.4 Å². The van der Waals surface area contributed by atoms with Crippen LogP contribution in [-0.4, -0.2) is 29.8 Å². The molecule has 2 N–H and O–H groups in total. The molecule has 0 saturated carbocycles. The SMILES string of the molecule is C=CCNC(=O)c1ccc(Nc2cccc(OC)c2)nn1. The summed E-state index contributed by atoms with van der Waals surface area (Å²) in [7, 11) is 1.61. The number of methoxy groups -OCH3 is 1. The van der Waals surface area contributed by atoms with Gasteiger partial charge in [0.25, 0.3) is 5.91 Å². The van der Waals surface area contributed by atoms with E-state index in [1.54, 1.807) is 25.3 Å². The molecular formula is C15H16N4O2. The Morgan fingerprint density at radius 3 is 2.86 bits per heavy atom. The maximum atomic E-state index is 11.7. The molecule has 0 spiro atoms. The van der Waals surface area contributed by atoms with E-state index in [1.165, 1.54) is 0 Å². The Balaban J connectivity index is 2.04. The zero-order valence-electron chi connectivity index (χ0n) is 11.7. The van der Waals surface area contributed by atoms with Crippen molar-refractivity contribution in [3.8, 4) is 5.75 Å². The Morgan fingerprint density at radius 1 is 1.33 bits per heavy atom. The number of carbonyl (C=O) groups is 1. The van der Waals surface area contributed by atoms with Crippen molar-refractivity contribution in [2.45, 2.75) is 0 Å². The lowest BCUT2D eigenvalue weighted by molar-refractivity contribution is 0.0952. The molecule has 0 bridgehead atoms. The van der Waals surface area contributed by atoms with Gasteiger partial charge in [-0.05, 0) is 24.3 Å². The van der Waals surface area contributed by atoms with E-state index in [4.69, 9.17) is 4.74 Å². The fourth-order valence-corrected chi connectivity index (χ4v) is 1.62. The number of benzene rings is 1. The van der Waals surface area contributed by atoms with Gasteiger partial charge < -0.3 is 15.4 Å². The summed E-state index contributed by atoms with van der Waals surface area (Å²) in [6.45, 7) is 3.92. The molecular weight excluding hydrogens is 268 g/mol. The molecule has 1 heterocycles. The van der Waals surface area contributed by atoms with Gasteiger partial charge in [-0.2, -0.15) is 0 Å². The molecule has 0 aliphatic carbocycles. The van der Waals surface area contributed by atoms with E-state index in [-0.39, 0.29) is 11.6 Å². The summed E-state index contributed by atoms with van der Waals surface area (Å²) in [5.41, 5.74) is 1.08. The van der Waals surface area contributed by atoms with Gasteiger partial charge in [-0.1, -0.05) is 12.1 Å². The molecule has 0 unspecified atom stereocenters. The van der Waals surface area contributed by atoms with Crippen LogP contribution >= 0.6 is 0 Å². The predicted octanol–water partition coefficient (Wildman–Crippen LogP) is 2.14. The van der Waals surface area contributed by atoms with E-state index < -0.39 is 0 Å². The standard InChI is InChI=1S/C15H16N4O2/c1-3-9-16-15(20)13-7-8-14(19-18-13)17-11-5-4-6-12(10-11)21-2/h3-8,10H,1,9H2,2H3,(H,16,20)(H,17,19). The van der Waals surface area contributed by atoms with Crippen molar-refractivity contribution in [3.63, 3.8) is 0 Å². The number of anilines is 2. The third-order valence-corrected chi connectivity index (χ3v) is 2.65. The lowest BCUT2D eigenvalue weighted by atomic mass is 10.3. The van der Waals surface area contributed by atoms with Crippen molar-refractivity contribution < 1.29 is 9.53 Å². The molecule has 0 fully saturated rings. The van der Waals surface area contributed by atoms with Gasteiger partial charge in [-0.3, -0.25) is 4.79 Å². The molecule has 2 aromatic rings. The molecule has 1 aromatic carbocycles. The first-order valence-electron chi connectivity index (χ1n) is 6.37. The number of carbonyl (C=O) groups excluding carboxylic acids is 1. The third kappa shape index (κ3) is 4.04. The lowest BCUT2D eigenvalue weighted by Crippen LogP contribution is -2.24. The van der Waals surface area contributed by atoms with Gasteiger partial charge in [-0.25, -0.2) is 0 Å². The molecule has 0 atom stereocenters. The van der Waals surface area contributed by atoms with Gasteiger partial charge >= 0.3 is 0 Å². The summed E-state index contributed by atoms with van der Waals surface area (Å²) < 4.78 is 5.14. The normalized spacial score (nSPS) is 9.76. The Labute approximate surface area is 122 Å². The topological polar surface area (TPSA) is 76.1 Å². The Bertz CT molecular complexity index is 626. The second-order valence-electron chi connectivity index (χ2n) is 4.16. The summed E-state index contributed by atoms with van der Waals surface area (Å²) in [4.78, 5) is 11.7. The monoisotopic (exact) mass is 284 g/mol. The first-order chi connectivity index (χ1) is 10.2. The maximum absolute atomic E-state index is 11.7. The molecule has 6 heteroatoms. The predicted molar refractivity (Wildman–Crippen MR) is 80.8 cm³/mol. The first kappa shape index (κ1) is 14.5. The number of hydrogen-bond acceptors (Lipinski definition) is 5. The molecule has 6 nitrogen and oxygen atoms in total. The Kier molecular flexibility index (Phi) is 4.87. The quantitative estimate of drug-likeness (QED) is 0.795. The zero-order chi connectivity index (χ0) is 15.1. The zero-order valence-corrected chi connectivity index (χ0v) is 11.7. The summed E-state index contributed by atoms with van der Waals surface area (Å²) in [6.07, 6.45) is 1.60. The van der Waals surface area contributed by atoms with Gasteiger partial charge in [0.1, 0.15) is 5.75 Å². The van der Waals surface area contributed by atoms with Crippen LogP contribution in [0.5, 0.6) is 5.75 Å². The Hall–Kier alpha value is -2.89. The van der Waals surface area contributed by atoms with Crippen LogP contribution in [-0.2, 0) is 0 Å². The third-order valence-electron chi connectivity index (χ3n) is 2.65. The highest BCUT2D eigenvalue weighted by Crippen LogP contribution is 2.19. The van der Waals surface area contributed by atoms with Gasteiger partial charge in [-0.15, -0.1) is 16.8 Å². The van der Waals surface area contributed by atoms with Gasteiger partial charge in [0.2, 0.25) is 0 Å². The minimum absolute atomic E-state index is 0.257. The largest absolute Gasteiger partial charge is 0.497 e. The number of amides is 1. The number of aromatic nitrogens is 2. The van der Waals surface area contributed by atoms with Crippen molar-refractivity contribution in [2.24, 2.45) is 0 Å². The molecule has 21 heavy (non-hydrogen) atoms. The van der Waals surface area contributed by atoms with Gasteiger partial charge in [0.05, 0.1) is 7.11 Å². The van der Waals surface area contributed by atoms with Crippen molar-refractivity contribution in [1.29, 1.82) is 0 Å². The average Bonchev–Trinajstić information content (AvgIpc) is 2.53. The van der Waals surface area contributed by atoms with Crippen LogP contribution in [0.25, 0.3) is 0 Å². The fraction of sp³-hybridized carbons (Fsp3) is 0.133. The highest BCUT2D eigenvalue weighted by atomic mass is 16.5. The van der Waals surface area contributed by atoms with Gasteiger partial charge in [0, 0.05) is 18.3 Å². The molecule has 0 radical (unpaired) electrons. The second-order valence-corrected chi connectivity index (χ2v) is 4.16. The smallest absolute Gasteiger partial charge is 0.272 e. The maximum Gasteiger partial charge on any atom is 0.272 e. The van der Waals surface area contributed by atoms with Crippen LogP contribution in [0.4, 0.5) is 11.5 Å². The molecule has 0 aliphatic heterocycles. The molecule has 2 rings (SSSR count). The average molecular weight is 284 g/mol. The summed E-state index contributed by atoms with van der Waals surface area (Å²) in [5.74, 6) is 1.01. The van der Waals surface area contributed by atoms with Crippen molar-refractivity contribution in [1.82, 2.24) is 15.5 Å². The highest BCUT2D eigenvalue weighted by molar-refractivity contribution is 5.92. The van der Waals surface area contributed by atoms with Crippen molar-refractivity contribution in [3.05, 3.63) is 54.7 Å². The van der Waals surface area contributed by atoms with Gasteiger partial charge in [0.15, 0.2) is 11.5 Å². The Morgan fingerprint density at radius 2 is 2.19 bits per heavy atom. The molecule has 0 aliphatic rings. The van der Waals surface area contributed by atoms with E-state index in [9.17, 15) is 4.79 Å². The molecule has 108 valence electrons. The van der Waals surface area contributed by atoms with Crippen LogP contribution in [0.3, 0.4) is 0 Å². The number of nitrogens with zero attached hydrogens (tertiary/aromatic N) is 2. The lowest BCUT2D eigenvalue weighted by Gasteiger charge is -2.07. The van der Waals surface area contributed by atoms with Crippen LogP contribution in [0.1, 0.15) is 10.5 Å². The van der Waals surface area contributed by atoms with E-state index in [0.29, 0.717) is 12.4 Å². The fourth-order valence-electron chi connectivity index (χ4n) is 1.62. The van der Waals surface area contributed by atoms with Crippen molar-refractivity contribution >= 4 is 17.4 Å². The van der Waals surface area contributed by atoms with Crippen LogP contribution in [0.2, 0.25) is 0 Å². The van der Waals surface area contributed by atoms with E-state index in [1.807, 2.05) is 24.3 Å². The highest BCUT2D eigenvalue weighted by Gasteiger charge is 2.07. The van der Waals surface area contributed by atoms with Crippen LogP contribution in [0, 0.1) is 0 Å². The number of hydrogen-bond donors (Lipinski definition) is 2. The molecule has 1 aromatic heterocycles. The summed E-state index contributed by atoms with van der Waals surface area (Å²) in [6, 6.07) is 10.7. The van der Waals surface area contributed by atoms with Crippen LogP contribution < -0.4 is 15.4 Å². The number of nitrogens with one attached hydrogen (secondary N) is 2. The van der Waals surface area contributed by atoms with Crippen molar-refractivity contribution in [2.75, 3.05) is 19.0 Å². The number of rotatable bonds is 6. The molecule has 1 amide bonds. The minimum atomic E-state index is -0.282. The first-order valence-corrected chi connectivity index (χ1v) is 6.37. The second kappa shape index (κ2) is 7.04. The number of ether oxygens (including phenoxy) is 1. The molecule has 0 saturated heterocycles.